The van der Waals surface area contributed by atoms with Gasteiger partial charge in [0.15, 0.2) is 5.69 Å². The van der Waals surface area contributed by atoms with Gasteiger partial charge in [-0.3, -0.25) is 19.6 Å². The topological polar surface area (TPSA) is 137 Å². The van der Waals surface area contributed by atoms with Crippen LogP contribution in [0.25, 0.3) is 0 Å². The van der Waals surface area contributed by atoms with E-state index in [9.17, 15) is 19.7 Å². The molecule has 0 unspecified atom stereocenters. The Labute approximate surface area is 135 Å². The quantitative estimate of drug-likeness (QED) is 0.605. The fourth-order valence-corrected chi connectivity index (χ4v) is 2.07. The SMILES string of the molecule is CCOc1ccc(NC(=O)c2cnn(C)c2C(=O)O)c([N+](=O)[O-])c1. The number of nitro benzene ring substituents is 1. The molecule has 126 valence electrons. The molecule has 2 N–H and O–H groups in total. The van der Waals surface area contributed by atoms with Crippen molar-refractivity contribution < 1.29 is 24.4 Å². The van der Waals surface area contributed by atoms with Gasteiger partial charge in [0.2, 0.25) is 0 Å². The molecular formula is C14H14N4O6. The molecule has 0 radical (unpaired) electrons. The van der Waals surface area contributed by atoms with Crippen molar-refractivity contribution in [3.63, 3.8) is 0 Å². The number of nitrogens with one attached hydrogen (secondary N) is 1. The number of carbonyl (C=O) groups excluding carboxylic acids is 1. The van der Waals surface area contributed by atoms with Crippen LogP contribution in [-0.2, 0) is 7.05 Å². The Hall–Kier alpha value is -3.43. The average Bonchev–Trinajstić information content (AvgIpc) is 2.90. The van der Waals surface area contributed by atoms with Crippen LogP contribution in [0, 0.1) is 10.1 Å². The Bertz CT molecular complexity index is 814. The lowest BCUT2D eigenvalue weighted by Gasteiger charge is -2.08. The molecule has 2 rings (SSSR count). The van der Waals surface area contributed by atoms with E-state index in [1.807, 2.05) is 0 Å². The van der Waals surface area contributed by atoms with Gasteiger partial charge in [0.1, 0.15) is 11.4 Å². The summed E-state index contributed by atoms with van der Waals surface area (Å²) in [6, 6.07) is 3.96. The summed E-state index contributed by atoms with van der Waals surface area (Å²) in [4.78, 5) is 33.9. The van der Waals surface area contributed by atoms with Crippen LogP contribution in [0.3, 0.4) is 0 Å². The first-order valence-corrected chi connectivity index (χ1v) is 6.83. The van der Waals surface area contributed by atoms with Crippen LogP contribution >= 0.6 is 0 Å². The van der Waals surface area contributed by atoms with Crippen molar-refractivity contribution in [1.29, 1.82) is 0 Å². The third-order valence-corrected chi connectivity index (χ3v) is 3.11. The molecule has 24 heavy (non-hydrogen) atoms. The molecule has 2 aromatic rings. The van der Waals surface area contributed by atoms with Crippen molar-refractivity contribution in [3.8, 4) is 5.75 Å². The van der Waals surface area contributed by atoms with Crippen LogP contribution in [0.15, 0.2) is 24.4 Å². The Morgan fingerprint density at radius 1 is 1.46 bits per heavy atom. The van der Waals surface area contributed by atoms with Crippen molar-refractivity contribution >= 4 is 23.3 Å². The predicted octanol–water partition coefficient (Wildman–Crippen LogP) is 1.68. The number of aromatic nitrogens is 2. The molecule has 0 saturated heterocycles. The van der Waals surface area contributed by atoms with Crippen molar-refractivity contribution in [1.82, 2.24) is 9.78 Å². The van der Waals surface area contributed by atoms with Crippen molar-refractivity contribution in [2.75, 3.05) is 11.9 Å². The summed E-state index contributed by atoms with van der Waals surface area (Å²) in [5, 5.41) is 26.3. The van der Waals surface area contributed by atoms with E-state index in [0.717, 1.165) is 10.9 Å². The summed E-state index contributed by atoms with van der Waals surface area (Å²) in [6.07, 6.45) is 1.08. The van der Waals surface area contributed by atoms with Gasteiger partial charge in [0.05, 0.1) is 29.4 Å². The van der Waals surface area contributed by atoms with Gasteiger partial charge in [-0.1, -0.05) is 0 Å². The minimum absolute atomic E-state index is 0.0753. The number of carboxylic acid groups (broad SMARTS) is 1. The maximum absolute atomic E-state index is 12.3. The van der Waals surface area contributed by atoms with Crippen molar-refractivity contribution in [2.45, 2.75) is 6.92 Å². The van der Waals surface area contributed by atoms with Crippen LogP contribution in [0.2, 0.25) is 0 Å². The number of hydrogen-bond acceptors (Lipinski definition) is 6. The van der Waals surface area contributed by atoms with Crippen molar-refractivity contribution in [3.05, 3.63) is 45.8 Å². The van der Waals surface area contributed by atoms with Gasteiger partial charge in [0, 0.05) is 7.05 Å². The minimum Gasteiger partial charge on any atom is -0.494 e. The van der Waals surface area contributed by atoms with Crippen LogP contribution in [0.1, 0.15) is 27.8 Å². The Morgan fingerprint density at radius 3 is 2.75 bits per heavy atom. The lowest BCUT2D eigenvalue weighted by atomic mass is 10.2. The molecule has 0 aliphatic carbocycles. The molecule has 0 atom stereocenters. The monoisotopic (exact) mass is 334 g/mol. The molecule has 1 aromatic carbocycles. The van der Waals surface area contributed by atoms with Gasteiger partial charge in [0.25, 0.3) is 11.6 Å². The third kappa shape index (κ3) is 3.32. The molecule has 1 amide bonds. The highest BCUT2D eigenvalue weighted by molar-refractivity contribution is 6.10. The predicted molar refractivity (Wildman–Crippen MR) is 82.4 cm³/mol. The summed E-state index contributed by atoms with van der Waals surface area (Å²) in [6.45, 7) is 2.07. The van der Waals surface area contributed by atoms with Gasteiger partial charge >= 0.3 is 5.97 Å². The minimum atomic E-state index is -1.33. The molecule has 1 heterocycles. The highest BCUT2D eigenvalue weighted by Crippen LogP contribution is 2.29. The zero-order chi connectivity index (χ0) is 17.9. The maximum atomic E-state index is 12.3. The Balaban J connectivity index is 2.36. The molecule has 0 saturated carbocycles. The first-order chi connectivity index (χ1) is 11.3. The van der Waals surface area contributed by atoms with E-state index in [2.05, 4.69) is 10.4 Å². The number of aromatic carboxylic acids is 1. The molecule has 1 aromatic heterocycles. The summed E-state index contributed by atoms with van der Waals surface area (Å²) in [7, 11) is 1.37. The largest absolute Gasteiger partial charge is 0.494 e. The van der Waals surface area contributed by atoms with Crippen molar-refractivity contribution in [2.24, 2.45) is 7.05 Å². The number of anilines is 1. The molecule has 0 bridgehead atoms. The molecule has 10 heteroatoms. The number of nitrogens with zero attached hydrogens (tertiary/aromatic N) is 3. The molecule has 0 fully saturated rings. The molecule has 0 aliphatic heterocycles. The van der Waals surface area contributed by atoms with E-state index in [-0.39, 0.29) is 28.4 Å². The smallest absolute Gasteiger partial charge is 0.354 e. The zero-order valence-electron chi connectivity index (χ0n) is 12.8. The highest BCUT2D eigenvalue weighted by atomic mass is 16.6. The third-order valence-electron chi connectivity index (χ3n) is 3.11. The first-order valence-electron chi connectivity index (χ1n) is 6.83. The number of ether oxygens (including phenoxy) is 1. The van der Waals surface area contributed by atoms with Gasteiger partial charge in [-0.25, -0.2) is 4.79 Å². The average molecular weight is 334 g/mol. The molecule has 0 aliphatic rings. The second kappa shape index (κ2) is 6.77. The summed E-state index contributed by atoms with van der Waals surface area (Å²) in [5.74, 6) is -1.86. The lowest BCUT2D eigenvalue weighted by Crippen LogP contribution is -2.17. The van der Waals surface area contributed by atoms with Crippen LogP contribution < -0.4 is 10.1 Å². The summed E-state index contributed by atoms with van der Waals surface area (Å²) >= 11 is 0. The molecule has 10 nitrogen and oxygen atoms in total. The molecular weight excluding hydrogens is 320 g/mol. The number of hydrogen-bond donors (Lipinski definition) is 2. The van der Waals surface area contributed by atoms with Crippen LogP contribution in [-0.4, -0.2) is 38.3 Å². The first kappa shape index (κ1) is 16.9. The summed E-state index contributed by atoms with van der Waals surface area (Å²) in [5.41, 5.74) is -0.960. The van der Waals surface area contributed by atoms with Crippen LogP contribution in [0.4, 0.5) is 11.4 Å². The van der Waals surface area contributed by atoms with Gasteiger partial charge < -0.3 is 15.2 Å². The zero-order valence-corrected chi connectivity index (χ0v) is 12.8. The van der Waals surface area contributed by atoms with Gasteiger partial charge in [-0.2, -0.15) is 5.10 Å². The highest BCUT2D eigenvalue weighted by Gasteiger charge is 2.24. The number of nitro groups is 1. The Kier molecular flexibility index (Phi) is 4.78. The lowest BCUT2D eigenvalue weighted by molar-refractivity contribution is -0.384. The fourth-order valence-electron chi connectivity index (χ4n) is 2.07. The number of benzene rings is 1. The van der Waals surface area contributed by atoms with E-state index in [0.29, 0.717) is 6.61 Å². The number of carbonyl (C=O) groups is 2. The Morgan fingerprint density at radius 2 is 2.17 bits per heavy atom. The van der Waals surface area contributed by atoms with E-state index in [4.69, 9.17) is 9.84 Å². The fraction of sp³-hybridized carbons (Fsp3) is 0.214. The standard InChI is InChI=1S/C14H14N4O6/c1-3-24-8-4-5-10(11(6-8)18(22)23)16-13(19)9-7-15-17(2)12(9)14(20)21/h4-7H,3H2,1-2H3,(H,16,19)(H,20,21). The maximum Gasteiger partial charge on any atom is 0.354 e. The number of aryl methyl sites for hydroxylation is 1. The van der Waals surface area contributed by atoms with E-state index in [1.165, 1.54) is 25.2 Å². The van der Waals surface area contributed by atoms with E-state index < -0.39 is 16.8 Å². The van der Waals surface area contributed by atoms with Gasteiger partial charge in [-0.05, 0) is 19.1 Å². The van der Waals surface area contributed by atoms with E-state index in [1.54, 1.807) is 6.92 Å². The summed E-state index contributed by atoms with van der Waals surface area (Å²) < 4.78 is 6.22. The number of carboxylic acids is 1. The second-order valence-corrected chi connectivity index (χ2v) is 4.66. The van der Waals surface area contributed by atoms with Crippen LogP contribution in [0.5, 0.6) is 5.75 Å². The second-order valence-electron chi connectivity index (χ2n) is 4.66. The van der Waals surface area contributed by atoms with Gasteiger partial charge in [-0.15, -0.1) is 0 Å². The number of amides is 1. The normalized spacial score (nSPS) is 10.2. The number of rotatable bonds is 6. The van der Waals surface area contributed by atoms with E-state index >= 15 is 0 Å². The molecule has 0 spiro atoms.